The van der Waals surface area contributed by atoms with E-state index < -0.39 is 0 Å². The van der Waals surface area contributed by atoms with Crippen LogP contribution in [0.25, 0.3) is 0 Å². The third-order valence-corrected chi connectivity index (χ3v) is 1.37. The summed E-state index contributed by atoms with van der Waals surface area (Å²) in [5.41, 5.74) is 1.11. The molecule has 0 fully saturated rings. The van der Waals surface area contributed by atoms with Crippen molar-refractivity contribution in [2.75, 3.05) is 6.73 Å². The Morgan fingerprint density at radius 2 is 2.50 bits per heavy atom. The average Bonchev–Trinajstić information content (AvgIpc) is 2.63. The van der Waals surface area contributed by atoms with Gasteiger partial charge in [-0.15, -0.1) is 0 Å². The minimum atomic E-state index is 0.324. The van der Waals surface area contributed by atoms with Gasteiger partial charge >= 0.3 is 0 Å². The monoisotopic (exact) mass is 167 g/mol. The predicted molar refractivity (Wildman–Crippen MR) is 46.3 cm³/mol. The van der Waals surface area contributed by atoms with E-state index in [2.05, 4.69) is 15.5 Å². The molecule has 1 unspecified atom stereocenters. The summed E-state index contributed by atoms with van der Waals surface area (Å²) < 4.78 is 4.78. The Balaban J connectivity index is 0.000000120. The Hall–Kier alpha value is -1.32. The topological polar surface area (TPSA) is 46.0 Å². The largest absolute Gasteiger partial charge is 0.479 e. The standard InChI is InChI=1S/C4H6N2.C4H7NO/c1-4-2-3-5-6-4;1-4-2-6-3-5-4/h2-4H,1H3;2,5H,3H2,1H3. The smallest absolute Gasteiger partial charge is 0.158 e. The number of nitrogens with one attached hydrogen (secondary N) is 1. The minimum Gasteiger partial charge on any atom is -0.479 e. The molecular formula is C8H13N3O. The number of nitrogens with zero attached hydrogens (tertiary/aromatic N) is 2. The number of hydrogen-bond donors (Lipinski definition) is 1. The zero-order chi connectivity index (χ0) is 8.81. The molecule has 0 aromatic heterocycles. The lowest BCUT2D eigenvalue weighted by Crippen LogP contribution is -2.04. The SMILES string of the molecule is CC1=COCN1.CC1C=CN=N1. The van der Waals surface area contributed by atoms with Crippen molar-refractivity contribution in [1.82, 2.24) is 5.32 Å². The van der Waals surface area contributed by atoms with E-state index in [0.717, 1.165) is 5.70 Å². The molecule has 0 aliphatic carbocycles. The van der Waals surface area contributed by atoms with Crippen molar-refractivity contribution < 1.29 is 4.74 Å². The van der Waals surface area contributed by atoms with Gasteiger partial charge in [-0.3, -0.25) is 0 Å². The Bertz CT molecular complexity index is 208. The van der Waals surface area contributed by atoms with Crippen molar-refractivity contribution in [3.8, 4) is 0 Å². The molecule has 2 aliphatic rings. The summed E-state index contributed by atoms with van der Waals surface area (Å²) in [6.45, 7) is 4.60. The molecule has 0 amide bonds. The van der Waals surface area contributed by atoms with E-state index in [4.69, 9.17) is 4.74 Å². The second-order valence-corrected chi connectivity index (χ2v) is 2.60. The highest BCUT2D eigenvalue weighted by molar-refractivity contribution is 4.93. The van der Waals surface area contributed by atoms with Crippen molar-refractivity contribution in [2.45, 2.75) is 19.9 Å². The molecule has 2 heterocycles. The zero-order valence-corrected chi connectivity index (χ0v) is 7.32. The van der Waals surface area contributed by atoms with Crippen LogP contribution in [0.5, 0.6) is 0 Å². The predicted octanol–water partition coefficient (Wildman–Crippen LogP) is 1.78. The first-order valence-corrected chi connectivity index (χ1v) is 3.88. The van der Waals surface area contributed by atoms with E-state index in [1.165, 1.54) is 0 Å². The first kappa shape index (κ1) is 8.77. The van der Waals surface area contributed by atoms with Crippen LogP contribution in [0.2, 0.25) is 0 Å². The van der Waals surface area contributed by atoms with E-state index in [0.29, 0.717) is 12.8 Å². The van der Waals surface area contributed by atoms with Crippen molar-refractivity contribution >= 4 is 0 Å². The lowest BCUT2D eigenvalue weighted by atomic mass is 10.4. The number of allylic oxidation sites excluding steroid dienone is 1. The Kier molecular flexibility index (Phi) is 3.32. The highest BCUT2D eigenvalue weighted by atomic mass is 16.5. The molecule has 0 spiro atoms. The van der Waals surface area contributed by atoms with Crippen molar-refractivity contribution in [3.05, 3.63) is 24.2 Å². The highest BCUT2D eigenvalue weighted by Crippen LogP contribution is 1.99. The van der Waals surface area contributed by atoms with Gasteiger partial charge in [0.25, 0.3) is 0 Å². The third-order valence-electron chi connectivity index (χ3n) is 1.37. The summed E-state index contributed by atoms with van der Waals surface area (Å²) >= 11 is 0. The first-order chi connectivity index (χ1) is 5.79. The lowest BCUT2D eigenvalue weighted by molar-refractivity contribution is 0.267. The molecule has 4 heteroatoms. The summed E-state index contributed by atoms with van der Waals surface area (Å²) in [4.78, 5) is 0. The van der Waals surface area contributed by atoms with E-state index in [1.54, 1.807) is 12.5 Å². The molecule has 0 aromatic rings. The minimum absolute atomic E-state index is 0.324. The Morgan fingerprint density at radius 3 is 2.67 bits per heavy atom. The van der Waals surface area contributed by atoms with Gasteiger partial charge in [-0.05, 0) is 19.9 Å². The van der Waals surface area contributed by atoms with Crippen molar-refractivity contribution in [3.63, 3.8) is 0 Å². The third kappa shape index (κ3) is 3.18. The van der Waals surface area contributed by atoms with Crippen LogP contribution in [0, 0.1) is 0 Å². The molecule has 12 heavy (non-hydrogen) atoms. The number of hydrogen-bond acceptors (Lipinski definition) is 4. The van der Waals surface area contributed by atoms with Gasteiger partial charge in [-0.2, -0.15) is 10.2 Å². The van der Waals surface area contributed by atoms with Crippen LogP contribution in [0.1, 0.15) is 13.8 Å². The number of azo groups is 1. The molecule has 0 bridgehead atoms. The fraction of sp³-hybridized carbons (Fsp3) is 0.500. The van der Waals surface area contributed by atoms with E-state index in [9.17, 15) is 0 Å². The van der Waals surface area contributed by atoms with Crippen LogP contribution in [0.15, 0.2) is 34.5 Å². The van der Waals surface area contributed by atoms with Gasteiger partial charge in [0.05, 0.1) is 6.04 Å². The summed E-state index contributed by atoms with van der Waals surface area (Å²) in [6.07, 6.45) is 5.37. The van der Waals surface area contributed by atoms with Gasteiger partial charge in [0.15, 0.2) is 6.73 Å². The van der Waals surface area contributed by atoms with E-state index in [-0.39, 0.29) is 0 Å². The second-order valence-electron chi connectivity index (χ2n) is 2.60. The maximum Gasteiger partial charge on any atom is 0.158 e. The Morgan fingerprint density at radius 1 is 1.67 bits per heavy atom. The van der Waals surface area contributed by atoms with Gasteiger partial charge < -0.3 is 10.1 Å². The summed E-state index contributed by atoms with van der Waals surface area (Å²) in [5.74, 6) is 0. The normalized spacial score (nSPS) is 23.8. The first-order valence-electron chi connectivity index (χ1n) is 3.88. The second kappa shape index (κ2) is 4.54. The van der Waals surface area contributed by atoms with Gasteiger partial charge in [-0.25, -0.2) is 0 Å². The molecular weight excluding hydrogens is 154 g/mol. The highest BCUT2D eigenvalue weighted by Gasteiger charge is 1.93. The fourth-order valence-corrected chi connectivity index (χ4v) is 0.709. The fourth-order valence-electron chi connectivity index (χ4n) is 0.709. The molecule has 1 N–H and O–H groups in total. The molecule has 66 valence electrons. The van der Waals surface area contributed by atoms with E-state index >= 15 is 0 Å². The summed E-state index contributed by atoms with van der Waals surface area (Å²) in [7, 11) is 0. The lowest BCUT2D eigenvalue weighted by Gasteiger charge is -1.86. The maximum atomic E-state index is 4.78. The number of rotatable bonds is 0. The van der Waals surface area contributed by atoms with Gasteiger partial charge in [0.2, 0.25) is 0 Å². The van der Waals surface area contributed by atoms with Crippen LogP contribution in [-0.4, -0.2) is 12.8 Å². The molecule has 2 aliphatic heterocycles. The van der Waals surface area contributed by atoms with Crippen LogP contribution in [-0.2, 0) is 4.74 Å². The van der Waals surface area contributed by atoms with Crippen molar-refractivity contribution in [2.24, 2.45) is 10.2 Å². The molecule has 0 saturated carbocycles. The van der Waals surface area contributed by atoms with Crippen LogP contribution in [0.4, 0.5) is 0 Å². The van der Waals surface area contributed by atoms with Crippen LogP contribution >= 0.6 is 0 Å². The van der Waals surface area contributed by atoms with Crippen LogP contribution < -0.4 is 5.32 Å². The van der Waals surface area contributed by atoms with E-state index in [1.807, 2.05) is 19.9 Å². The van der Waals surface area contributed by atoms with Crippen LogP contribution in [0.3, 0.4) is 0 Å². The summed E-state index contributed by atoms with van der Waals surface area (Å²) in [5, 5.41) is 10.3. The Labute approximate surface area is 72.0 Å². The molecule has 0 aromatic carbocycles. The molecule has 0 radical (unpaired) electrons. The van der Waals surface area contributed by atoms with Gasteiger partial charge in [-0.1, -0.05) is 0 Å². The average molecular weight is 167 g/mol. The zero-order valence-electron chi connectivity index (χ0n) is 7.32. The molecule has 1 atom stereocenters. The quantitative estimate of drug-likeness (QED) is 0.597. The van der Waals surface area contributed by atoms with Gasteiger partial charge in [0, 0.05) is 11.9 Å². The molecule has 0 saturated heterocycles. The van der Waals surface area contributed by atoms with Gasteiger partial charge in [0.1, 0.15) is 6.26 Å². The number of ether oxygens (including phenoxy) is 1. The molecule has 4 nitrogen and oxygen atoms in total. The molecule has 2 rings (SSSR count). The maximum absolute atomic E-state index is 4.78. The van der Waals surface area contributed by atoms with Crippen molar-refractivity contribution in [1.29, 1.82) is 0 Å². The summed E-state index contributed by atoms with van der Waals surface area (Å²) in [6, 6.07) is 0.324.